The van der Waals surface area contributed by atoms with Gasteiger partial charge in [-0.3, -0.25) is 9.69 Å². The quantitative estimate of drug-likeness (QED) is 0.803. The van der Waals surface area contributed by atoms with Gasteiger partial charge in [-0.2, -0.15) is 0 Å². The molecular formula is C11H17N3O3. The van der Waals surface area contributed by atoms with E-state index >= 15 is 0 Å². The minimum absolute atomic E-state index is 0.185. The molecule has 0 aliphatic carbocycles. The molecular weight excluding hydrogens is 222 g/mol. The molecule has 94 valence electrons. The first-order valence-electron chi connectivity index (χ1n) is 5.77. The molecule has 0 spiro atoms. The van der Waals surface area contributed by atoms with Crippen molar-refractivity contribution in [3.63, 3.8) is 0 Å². The summed E-state index contributed by atoms with van der Waals surface area (Å²) in [7, 11) is 0. The van der Waals surface area contributed by atoms with Crippen LogP contribution in [0.25, 0.3) is 0 Å². The van der Waals surface area contributed by atoms with Crippen LogP contribution in [0.3, 0.4) is 0 Å². The zero-order chi connectivity index (χ0) is 12.1. The first-order chi connectivity index (χ1) is 8.25. The maximum Gasteiger partial charge on any atom is 0.273 e. The first-order valence-corrected chi connectivity index (χ1v) is 5.77. The van der Waals surface area contributed by atoms with E-state index in [1.807, 2.05) is 0 Å². The minimum Gasteiger partial charge on any atom is -0.379 e. The van der Waals surface area contributed by atoms with Crippen molar-refractivity contribution in [1.29, 1.82) is 0 Å². The van der Waals surface area contributed by atoms with Gasteiger partial charge in [0.25, 0.3) is 5.91 Å². The van der Waals surface area contributed by atoms with Crippen LogP contribution in [0.4, 0.5) is 0 Å². The number of hydrogen-bond acceptors (Lipinski definition) is 5. The molecule has 2 heterocycles. The lowest BCUT2D eigenvalue weighted by molar-refractivity contribution is 0.0383. The maximum atomic E-state index is 11.6. The van der Waals surface area contributed by atoms with E-state index < -0.39 is 0 Å². The number of carbonyl (C=O) groups excluding carboxylic acids is 1. The molecule has 0 radical (unpaired) electrons. The first kappa shape index (κ1) is 12.1. The summed E-state index contributed by atoms with van der Waals surface area (Å²) >= 11 is 0. The van der Waals surface area contributed by atoms with Crippen molar-refractivity contribution in [2.45, 2.75) is 6.92 Å². The number of morpholine rings is 1. The molecule has 1 aromatic heterocycles. The molecule has 0 saturated carbocycles. The lowest BCUT2D eigenvalue weighted by Crippen LogP contribution is -2.41. The van der Waals surface area contributed by atoms with Crippen molar-refractivity contribution in [1.82, 2.24) is 15.4 Å². The van der Waals surface area contributed by atoms with Crippen molar-refractivity contribution >= 4 is 5.91 Å². The standard InChI is InChI=1S/C11H17N3O3/c1-9-8-10(13-17-9)11(15)12-2-3-14-4-6-16-7-5-14/h8H,2-7H2,1H3,(H,12,15). The highest BCUT2D eigenvalue weighted by Gasteiger charge is 2.12. The molecule has 1 N–H and O–H groups in total. The van der Waals surface area contributed by atoms with E-state index in [9.17, 15) is 4.79 Å². The van der Waals surface area contributed by atoms with Gasteiger partial charge >= 0.3 is 0 Å². The Kier molecular flexibility index (Phi) is 4.11. The van der Waals surface area contributed by atoms with Crippen LogP contribution in [0.5, 0.6) is 0 Å². The van der Waals surface area contributed by atoms with E-state index in [1.165, 1.54) is 0 Å². The SMILES string of the molecule is Cc1cc(C(=O)NCCN2CCOCC2)no1. The van der Waals surface area contributed by atoms with Gasteiger partial charge < -0.3 is 14.6 Å². The second kappa shape index (κ2) is 5.79. The number of ether oxygens (including phenoxy) is 1. The largest absolute Gasteiger partial charge is 0.379 e. The molecule has 1 saturated heterocycles. The van der Waals surface area contributed by atoms with E-state index in [0.29, 0.717) is 18.0 Å². The predicted octanol–water partition coefficient (Wildman–Crippen LogP) is 0.0450. The summed E-state index contributed by atoms with van der Waals surface area (Å²) < 4.78 is 10.1. The second-order valence-electron chi connectivity index (χ2n) is 4.03. The number of carbonyl (C=O) groups is 1. The molecule has 1 aliphatic heterocycles. The highest BCUT2D eigenvalue weighted by molar-refractivity contribution is 5.92. The van der Waals surface area contributed by atoms with Crippen molar-refractivity contribution in [2.24, 2.45) is 0 Å². The van der Waals surface area contributed by atoms with Gasteiger partial charge in [0.15, 0.2) is 5.69 Å². The van der Waals surface area contributed by atoms with Crippen LogP contribution < -0.4 is 5.32 Å². The fraction of sp³-hybridized carbons (Fsp3) is 0.636. The molecule has 6 nitrogen and oxygen atoms in total. The van der Waals surface area contributed by atoms with Crippen LogP contribution in [-0.4, -0.2) is 55.4 Å². The third-order valence-electron chi connectivity index (χ3n) is 2.68. The van der Waals surface area contributed by atoms with Crippen LogP contribution in [0.15, 0.2) is 10.6 Å². The van der Waals surface area contributed by atoms with Crippen LogP contribution in [0.1, 0.15) is 16.2 Å². The van der Waals surface area contributed by atoms with Gasteiger partial charge in [0.1, 0.15) is 5.76 Å². The van der Waals surface area contributed by atoms with Gasteiger partial charge in [0, 0.05) is 32.2 Å². The number of amides is 1. The average Bonchev–Trinajstić information content (AvgIpc) is 2.77. The molecule has 1 aromatic rings. The normalized spacial score (nSPS) is 17.0. The van der Waals surface area contributed by atoms with Crippen molar-refractivity contribution in [3.8, 4) is 0 Å². The molecule has 0 bridgehead atoms. The number of rotatable bonds is 4. The second-order valence-corrected chi connectivity index (χ2v) is 4.03. The summed E-state index contributed by atoms with van der Waals surface area (Å²) in [6.07, 6.45) is 0. The summed E-state index contributed by atoms with van der Waals surface area (Å²) in [5.41, 5.74) is 0.337. The Morgan fingerprint density at radius 1 is 1.53 bits per heavy atom. The molecule has 0 atom stereocenters. The van der Waals surface area contributed by atoms with E-state index in [-0.39, 0.29) is 5.91 Å². The molecule has 1 amide bonds. The molecule has 1 fully saturated rings. The molecule has 0 aromatic carbocycles. The van der Waals surface area contributed by atoms with E-state index in [0.717, 1.165) is 32.8 Å². The Balaban J connectivity index is 1.69. The number of aryl methyl sites for hydroxylation is 1. The third-order valence-corrected chi connectivity index (χ3v) is 2.68. The summed E-state index contributed by atoms with van der Waals surface area (Å²) in [5, 5.41) is 6.48. The number of nitrogens with one attached hydrogen (secondary N) is 1. The Morgan fingerprint density at radius 2 is 2.29 bits per heavy atom. The van der Waals surface area contributed by atoms with E-state index in [2.05, 4.69) is 15.4 Å². The highest BCUT2D eigenvalue weighted by atomic mass is 16.5. The molecule has 0 unspecified atom stereocenters. The Morgan fingerprint density at radius 3 is 2.94 bits per heavy atom. The molecule has 17 heavy (non-hydrogen) atoms. The minimum atomic E-state index is -0.185. The highest BCUT2D eigenvalue weighted by Crippen LogP contribution is 2.01. The summed E-state index contributed by atoms with van der Waals surface area (Å²) in [4.78, 5) is 13.9. The van der Waals surface area contributed by atoms with Gasteiger partial charge in [-0.25, -0.2) is 0 Å². The van der Waals surface area contributed by atoms with E-state index in [1.54, 1.807) is 13.0 Å². The Hall–Kier alpha value is -1.40. The summed E-state index contributed by atoms with van der Waals surface area (Å²) in [6.45, 7) is 6.62. The molecule has 6 heteroatoms. The molecule has 1 aliphatic rings. The van der Waals surface area contributed by atoms with Gasteiger partial charge in [-0.15, -0.1) is 0 Å². The fourth-order valence-electron chi connectivity index (χ4n) is 1.72. The lowest BCUT2D eigenvalue weighted by atomic mass is 10.3. The van der Waals surface area contributed by atoms with Gasteiger partial charge in [0.05, 0.1) is 13.2 Å². The Bertz CT molecular complexity index is 372. The van der Waals surface area contributed by atoms with Crippen LogP contribution in [0, 0.1) is 6.92 Å². The monoisotopic (exact) mass is 239 g/mol. The number of nitrogens with zero attached hydrogens (tertiary/aromatic N) is 2. The van der Waals surface area contributed by atoms with Crippen molar-refractivity contribution in [3.05, 3.63) is 17.5 Å². The Labute approximate surface area is 99.9 Å². The van der Waals surface area contributed by atoms with Gasteiger partial charge in [-0.1, -0.05) is 5.16 Å². The zero-order valence-electron chi connectivity index (χ0n) is 9.94. The van der Waals surface area contributed by atoms with Crippen LogP contribution >= 0.6 is 0 Å². The van der Waals surface area contributed by atoms with Gasteiger partial charge in [-0.05, 0) is 6.92 Å². The van der Waals surface area contributed by atoms with Gasteiger partial charge in [0.2, 0.25) is 0 Å². The van der Waals surface area contributed by atoms with Crippen molar-refractivity contribution in [2.75, 3.05) is 39.4 Å². The lowest BCUT2D eigenvalue weighted by Gasteiger charge is -2.26. The smallest absolute Gasteiger partial charge is 0.273 e. The number of hydrogen-bond donors (Lipinski definition) is 1. The van der Waals surface area contributed by atoms with Crippen LogP contribution in [0.2, 0.25) is 0 Å². The molecule has 2 rings (SSSR count). The fourth-order valence-corrected chi connectivity index (χ4v) is 1.72. The summed E-state index contributed by atoms with van der Waals surface area (Å²) in [5.74, 6) is 0.457. The summed E-state index contributed by atoms with van der Waals surface area (Å²) in [6, 6.07) is 1.63. The zero-order valence-corrected chi connectivity index (χ0v) is 9.94. The average molecular weight is 239 g/mol. The third kappa shape index (κ3) is 3.54. The topological polar surface area (TPSA) is 67.6 Å². The maximum absolute atomic E-state index is 11.6. The predicted molar refractivity (Wildman–Crippen MR) is 60.8 cm³/mol. The van der Waals surface area contributed by atoms with E-state index in [4.69, 9.17) is 9.26 Å². The van der Waals surface area contributed by atoms with Crippen LogP contribution in [-0.2, 0) is 4.74 Å². The van der Waals surface area contributed by atoms with Crippen molar-refractivity contribution < 1.29 is 14.1 Å². The number of aromatic nitrogens is 1.